The molecule has 3 N–H and O–H groups in total. The molecular formula is C13H9ClFIN2O. The molecule has 0 bridgehead atoms. The molecule has 0 saturated carbocycles. The number of nitrogens with one attached hydrogen (secondary N) is 1. The van der Waals surface area contributed by atoms with Gasteiger partial charge in [0.25, 0.3) is 5.91 Å². The van der Waals surface area contributed by atoms with E-state index in [1.165, 1.54) is 18.2 Å². The van der Waals surface area contributed by atoms with Crippen LogP contribution in [0.1, 0.15) is 10.4 Å². The molecule has 0 saturated heterocycles. The Balaban J connectivity index is 2.23. The van der Waals surface area contributed by atoms with Gasteiger partial charge in [-0.15, -0.1) is 0 Å². The molecule has 2 aromatic carbocycles. The second kappa shape index (κ2) is 5.75. The molecule has 0 aliphatic heterocycles. The molecule has 2 rings (SSSR count). The number of rotatable bonds is 2. The van der Waals surface area contributed by atoms with Crippen molar-refractivity contribution in [3.05, 3.63) is 56.4 Å². The minimum atomic E-state index is -0.579. The zero-order valence-electron chi connectivity index (χ0n) is 9.58. The first-order valence-corrected chi connectivity index (χ1v) is 6.74. The smallest absolute Gasteiger partial charge is 0.255 e. The Morgan fingerprint density at radius 3 is 2.63 bits per heavy atom. The van der Waals surface area contributed by atoms with Crippen LogP contribution >= 0.6 is 34.2 Å². The molecule has 0 aliphatic carbocycles. The molecule has 0 aliphatic rings. The van der Waals surface area contributed by atoms with Crippen molar-refractivity contribution in [2.75, 3.05) is 11.1 Å². The second-order valence-corrected chi connectivity index (χ2v) is 5.39. The maximum Gasteiger partial charge on any atom is 0.255 e. The van der Waals surface area contributed by atoms with Crippen molar-refractivity contribution in [1.82, 2.24) is 0 Å². The lowest BCUT2D eigenvalue weighted by molar-refractivity contribution is 0.102. The summed E-state index contributed by atoms with van der Waals surface area (Å²) in [5.41, 5.74) is 6.17. The third-order valence-electron chi connectivity index (χ3n) is 2.42. The summed E-state index contributed by atoms with van der Waals surface area (Å²) in [6, 6.07) is 8.95. The molecule has 3 nitrogen and oxygen atoms in total. The lowest BCUT2D eigenvalue weighted by Crippen LogP contribution is -2.13. The van der Waals surface area contributed by atoms with Gasteiger partial charge in [0.05, 0.1) is 10.7 Å². The van der Waals surface area contributed by atoms with Gasteiger partial charge >= 0.3 is 0 Å². The maximum atomic E-state index is 13.5. The summed E-state index contributed by atoms with van der Waals surface area (Å²) in [5, 5.41) is 2.95. The molecule has 98 valence electrons. The maximum absolute atomic E-state index is 13.5. The second-order valence-electron chi connectivity index (χ2n) is 3.82. The van der Waals surface area contributed by atoms with E-state index in [1.807, 2.05) is 0 Å². The highest BCUT2D eigenvalue weighted by Gasteiger charge is 2.10. The fraction of sp³-hybridized carbons (Fsp3) is 0. The van der Waals surface area contributed by atoms with Gasteiger partial charge in [-0.2, -0.15) is 0 Å². The Morgan fingerprint density at radius 1 is 1.26 bits per heavy atom. The third kappa shape index (κ3) is 3.36. The van der Waals surface area contributed by atoms with E-state index in [1.54, 1.807) is 12.1 Å². The van der Waals surface area contributed by atoms with Crippen LogP contribution in [0.4, 0.5) is 15.8 Å². The molecule has 0 unspecified atom stereocenters. The van der Waals surface area contributed by atoms with Crippen LogP contribution in [0.3, 0.4) is 0 Å². The van der Waals surface area contributed by atoms with Crippen LogP contribution in [0.2, 0.25) is 5.02 Å². The van der Waals surface area contributed by atoms with Crippen molar-refractivity contribution >= 4 is 51.5 Å². The van der Waals surface area contributed by atoms with Gasteiger partial charge in [0, 0.05) is 14.8 Å². The fourth-order valence-corrected chi connectivity index (χ4v) is 1.98. The molecule has 6 heteroatoms. The number of nitrogens with two attached hydrogens (primary N) is 1. The van der Waals surface area contributed by atoms with Crippen LogP contribution in [0.15, 0.2) is 36.4 Å². The number of hydrogen-bond acceptors (Lipinski definition) is 2. The highest BCUT2D eigenvalue weighted by Crippen LogP contribution is 2.21. The SMILES string of the molecule is Nc1ccc(NC(=O)c2ccc(I)c(Cl)c2)c(F)c1. The van der Waals surface area contributed by atoms with Crippen molar-refractivity contribution < 1.29 is 9.18 Å². The van der Waals surface area contributed by atoms with Gasteiger partial charge in [-0.3, -0.25) is 4.79 Å². The number of anilines is 2. The summed E-state index contributed by atoms with van der Waals surface area (Å²) < 4.78 is 14.4. The van der Waals surface area contributed by atoms with Crippen molar-refractivity contribution in [2.24, 2.45) is 0 Å². The van der Waals surface area contributed by atoms with Crippen molar-refractivity contribution in [1.29, 1.82) is 0 Å². The normalized spacial score (nSPS) is 10.3. The zero-order chi connectivity index (χ0) is 14.0. The van der Waals surface area contributed by atoms with Gasteiger partial charge in [-0.05, 0) is 59.0 Å². The van der Waals surface area contributed by atoms with Crippen molar-refractivity contribution in [2.45, 2.75) is 0 Å². The first-order chi connectivity index (χ1) is 8.97. The highest BCUT2D eigenvalue weighted by molar-refractivity contribution is 14.1. The molecule has 0 heterocycles. The Bertz CT molecular complexity index is 649. The quantitative estimate of drug-likeness (QED) is 0.603. The Kier molecular flexibility index (Phi) is 4.26. The molecule has 0 spiro atoms. The minimum Gasteiger partial charge on any atom is -0.399 e. The Hall–Kier alpha value is -1.34. The van der Waals surface area contributed by atoms with Crippen LogP contribution in [0.25, 0.3) is 0 Å². The molecule has 2 aromatic rings. The van der Waals surface area contributed by atoms with E-state index in [0.29, 0.717) is 16.3 Å². The lowest BCUT2D eigenvalue weighted by Gasteiger charge is -2.07. The zero-order valence-corrected chi connectivity index (χ0v) is 12.5. The van der Waals surface area contributed by atoms with Crippen LogP contribution in [-0.2, 0) is 0 Å². The summed E-state index contributed by atoms with van der Waals surface area (Å²) in [4.78, 5) is 11.9. The highest BCUT2D eigenvalue weighted by atomic mass is 127. The van der Waals surface area contributed by atoms with Crippen LogP contribution in [0, 0.1) is 9.39 Å². The average molecular weight is 391 g/mol. The average Bonchev–Trinajstić information content (AvgIpc) is 2.36. The molecule has 0 atom stereocenters. The predicted molar refractivity (Wildman–Crippen MR) is 82.9 cm³/mol. The predicted octanol–water partition coefficient (Wildman–Crippen LogP) is 3.92. The Morgan fingerprint density at radius 2 is 2.00 bits per heavy atom. The fourth-order valence-electron chi connectivity index (χ4n) is 1.46. The number of hydrogen-bond donors (Lipinski definition) is 2. The standard InChI is InChI=1S/C13H9ClFIN2O/c14-9-5-7(1-3-11(9)16)13(19)18-12-4-2-8(17)6-10(12)15/h1-6H,17H2,(H,18,19). The largest absolute Gasteiger partial charge is 0.399 e. The monoisotopic (exact) mass is 390 g/mol. The first-order valence-electron chi connectivity index (χ1n) is 5.29. The molecule has 0 aromatic heterocycles. The van der Waals surface area contributed by atoms with Crippen LogP contribution in [0.5, 0.6) is 0 Å². The van der Waals surface area contributed by atoms with Gasteiger partial charge < -0.3 is 11.1 Å². The van der Waals surface area contributed by atoms with Gasteiger partial charge in [-0.1, -0.05) is 11.6 Å². The molecular weight excluding hydrogens is 382 g/mol. The number of carbonyl (C=O) groups excluding carboxylic acids is 1. The van der Waals surface area contributed by atoms with E-state index in [0.717, 1.165) is 9.64 Å². The van der Waals surface area contributed by atoms with Gasteiger partial charge in [0.15, 0.2) is 0 Å². The number of carbonyl (C=O) groups is 1. The summed E-state index contributed by atoms with van der Waals surface area (Å²) in [6.45, 7) is 0. The van der Waals surface area contributed by atoms with E-state index in [4.69, 9.17) is 17.3 Å². The van der Waals surface area contributed by atoms with Crippen LogP contribution < -0.4 is 11.1 Å². The summed E-state index contributed by atoms with van der Waals surface area (Å²) in [5.74, 6) is -1.01. The van der Waals surface area contributed by atoms with Gasteiger partial charge in [0.1, 0.15) is 5.82 Å². The van der Waals surface area contributed by atoms with Crippen LogP contribution in [-0.4, -0.2) is 5.91 Å². The third-order valence-corrected chi connectivity index (χ3v) is 4.00. The summed E-state index contributed by atoms with van der Waals surface area (Å²) in [7, 11) is 0. The van der Waals surface area contributed by atoms with E-state index >= 15 is 0 Å². The van der Waals surface area contributed by atoms with Crippen molar-refractivity contribution in [3.63, 3.8) is 0 Å². The Labute approximate surface area is 128 Å². The minimum absolute atomic E-state index is 0.0777. The van der Waals surface area contributed by atoms with E-state index in [-0.39, 0.29) is 5.69 Å². The first kappa shape index (κ1) is 14.1. The molecule has 0 fully saturated rings. The topological polar surface area (TPSA) is 55.1 Å². The number of nitrogen functional groups attached to an aromatic ring is 1. The van der Waals surface area contributed by atoms with Gasteiger partial charge in [-0.25, -0.2) is 4.39 Å². The molecule has 19 heavy (non-hydrogen) atoms. The number of amides is 1. The van der Waals surface area contributed by atoms with Gasteiger partial charge in [0.2, 0.25) is 0 Å². The number of halogens is 3. The molecule has 1 amide bonds. The lowest BCUT2D eigenvalue weighted by atomic mass is 10.2. The molecule has 0 radical (unpaired) electrons. The van der Waals surface area contributed by atoms with E-state index in [9.17, 15) is 9.18 Å². The summed E-state index contributed by atoms with van der Waals surface area (Å²) in [6.07, 6.45) is 0. The number of benzene rings is 2. The van der Waals surface area contributed by atoms with E-state index < -0.39 is 11.7 Å². The summed E-state index contributed by atoms with van der Waals surface area (Å²) >= 11 is 7.99. The van der Waals surface area contributed by atoms with E-state index in [2.05, 4.69) is 27.9 Å². The van der Waals surface area contributed by atoms with Crippen molar-refractivity contribution in [3.8, 4) is 0 Å².